The Morgan fingerprint density at radius 1 is 1.33 bits per heavy atom. The molecule has 0 bridgehead atoms. The van der Waals surface area contributed by atoms with Crippen molar-refractivity contribution in [2.24, 2.45) is 0 Å². The average Bonchev–Trinajstić information content (AvgIpc) is 3.04. The Bertz CT molecular complexity index is 1140. The Morgan fingerprint density at radius 3 is 2.85 bits per heavy atom. The molecular formula is C20H23N4O3+. The van der Waals surface area contributed by atoms with Crippen LogP contribution < -0.4 is 16.1 Å². The highest BCUT2D eigenvalue weighted by atomic mass is 16.3. The molecule has 0 radical (unpaired) electrons. The lowest BCUT2D eigenvalue weighted by Crippen LogP contribution is -3.13. The summed E-state index contributed by atoms with van der Waals surface area (Å²) in [6, 6.07) is 7.68. The lowest BCUT2D eigenvalue weighted by molar-refractivity contribution is -0.926. The first-order valence-electron chi connectivity index (χ1n) is 9.17. The van der Waals surface area contributed by atoms with Crippen molar-refractivity contribution in [2.45, 2.75) is 25.9 Å². The van der Waals surface area contributed by atoms with Crippen molar-refractivity contribution in [3.8, 4) is 5.88 Å². The van der Waals surface area contributed by atoms with Gasteiger partial charge in [0.15, 0.2) is 6.04 Å². The van der Waals surface area contributed by atoms with Gasteiger partial charge in [0.05, 0.1) is 18.8 Å². The van der Waals surface area contributed by atoms with E-state index >= 15 is 0 Å². The maximum absolute atomic E-state index is 12.7. The van der Waals surface area contributed by atoms with Crippen LogP contribution in [0.3, 0.4) is 0 Å². The number of aromatic nitrogens is 3. The molecule has 27 heavy (non-hydrogen) atoms. The SMILES string of the molecule is C=CCn1c(O)c([C@H]2c3[nH]c4ccccc4c3CC[NH+]2CC)c(=O)[nH]c1=O. The number of benzene rings is 1. The van der Waals surface area contributed by atoms with E-state index in [-0.39, 0.29) is 24.0 Å². The van der Waals surface area contributed by atoms with Crippen molar-refractivity contribution in [3.63, 3.8) is 0 Å². The second-order valence-corrected chi connectivity index (χ2v) is 6.90. The first-order chi connectivity index (χ1) is 13.1. The Morgan fingerprint density at radius 2 is 2.11 bits per heavy atom. The number of nitrogens with zero attached hydrogens (tertiary/aromatic N) is 1. The van der Waals surface area contributed by atoms with Crippen LogP contribution in [0.1, 0.15) is 29.8 Å². The largest absolute Gasteiger partial charge is 0.494 e. The number of rotatable bonds is 4. The van der Waals surface area contributed by atoms with E-state index in [0.717, 1.165) is 40.7 Å². The summed E-state index contributed by atoms with van der Waals surface area (Å²) in [4.78, 5) is 31.8. The van der Waals surface area contributed by atoms with Crippen LogP contribution in [-0.2, 0) is 13.0 Å². The number of aromatic amines is 2. The third kappa shape index (κ3) is 2.62. The highest BCUT2D eigenvalue weighted by Crippen LogP contribution is 2.32. The van der Waals surface area contributed by atoms with Crippen LogP contribution in [0.25, 0.3) is 10.9 Å². The smallest absolute Gasteiger partial charge is 0.331 e. The van der Waals surface area contributed by atoms with Gasteiger partial charge in [-0.25, -0.2) is 4.79 Å². The predicted molar refractivity (Wildman–Crippen MR) is 103 cm³/mol. The first-order valence-corrected chi connectivity index (χ1v) is 9.17. The second kappa shape index (κ2) is 6.59. The van der Waals surface area contributed by atoms with Crippen LogP contribution in [0.2, 0.25) is 0 Å². The Labute approximate surface area is 155 Å². The third-order valence-corrected chi connectivity index (χ3v) is 5.50. The summed E-state index contributed by atoms with van der Waals surface area (Å²) in [6.07, 6.45) is 2.41. The monoisotopic (exact) mass is 367 g/mol. The number of quaternary nitrogens is 1. The molecule has 0 spiro atoms. The fraction of sp³-hybridized carbons (Fsp3) is 0.300. The molecule has 4 rings (SSSR count). The number of aromatic hydroxyl groups is 1. The van der Waals surface area contributed by atoms with Crippen molar-refractivity contribution < 1.29 is 10.0 Å². The first kappa shape index (κ1) is 17.4. The summed E-state index contributed by atoms with van der Waals surface area (Å²) >= 11 is 0. The number of nitrogens with one attached hydrogen (secondary N) is 3. The number of para-hydroxylation sites is 1. The highest BCUT2D eigenvalue weighted by Gasteiger charge is 2.38. The van der Waals surface area contributed by atoms with Gasteiger partial charge in [-0.2, -0.15) is 0 Å². The van der Waals surface area contributed by atoms with Crippen LogP contribution >= 0.6 is 0 Å². The average molecular weight is 367 g/mol. The molecule has 1 unspecified atom stereocenters. The quantitative estimate of drug-likeness (QED) is 0.505. The molecule has 0 amide bonds. The van der Waals surface area contributed by atoms with E-state index in [1.807, 2.05) is 18.2 Å². The van der Waals surface area contributed by atoms with E-state index in [4.69, 9.17) is 0 Å². The Balaban J connectivity index is 2.01. The van der Waals surface area contributed by atoms with E-state index < -0.39 is 11.2 Å². The van der Waals surface area contributed by atoms with E-state index in [1.54, 1.807) is 0 Å². The Hall–Kier alpha value is -3.06. The van der Waals surface area contributed by atoms with Crippen molar-refractivity contribution in [3.05, 3.63) is 74.6 Å². The molecule has 1 aliphatic heterocycles. The number of hydrogen-bond donors (Lipinski definition) is 4. The van der Waals surface area contributed by atoms with Gasteiger partial charge in [-0.05, 0) is 18.6 Å². The molecule has 1 aliphatic rings. The zero-order valence-corrected chi connectivity index (χ0v) is 15.2. The van der Waals surface area contributed by atoms with Crippen LogP contribution in [0.15, 0.2) is 46.5 Å². The number of likely N-dealkylation sites (N-methyl/N-ethyl adjacent to an activating group) is 1. The van der Waals surface area contributed by atoms with Crippen molar-refractivity contribution in [1.29, 1.82) is 0 Å². The molecule has 4 N–H and O–H groups in total. The normalized spacial score (nSPS) is 19.1. The molecule has 0 saturated carbocycles. The fourth-order valence-electron chi connectivity index (χ4n) is 4.23. The van der Waals surface area contributed by atoms with Crippen molar-refractivity contribution in [2.75, 3.05) is 13.1 Å². The van der Waals surface area contributed by atoms with Gasteiger partial charge in [0.25, 0.3) is 5.56 Å². The standard InChI is InChI=1S/C20H22N4O3/c1-3-10-24-19(26)15(18(25)22-20(24)27)17-16-13(9-11-23(17)4-2)12-7-5-6-8-14(12)21-16/h3,5-8,17,21,26H,1,4,9-11H2,2H3,(H,22,25,27)/p+1/t17-/m0/s1. The number of allylic oxidation sites excluding steroid dienone is 1. The van der Waals surface area contributed by atoms with Gasteiger partial charge in [0.2, 0.25) is 5.88 Å². The molecule has 140 valence electrons. The molecule has 7 heteroatoms. The third-order valence-electron chi connectivity index (χ3n) is 5.50. The zero-order chi connectivity index (χ0) is 19.1. The maximum Gasteiger partial charge on any atom is 0.331 e. The van der Waals surface area contributed by atoms with Gasteiger partial charge in [-0.1, -0.05) is 24.3 Å². The second-order valence-electron chi connectivity index (χ2n) is 6.90. The fourth-order valence-corrected chi connectivity index (χ4v) is 4.23. The predicted octanol–water partition coefficient (Wildman–Crippen LogP) is 0.460. The summed E-state index contributed by atoms with van der Waals surface area (Å²) in [5, 5.41) is 12.0. The summed E-state index contributed by atoms with van der Waals surface area (Å²) < 4.78 is 1.15. The molecule has 3 aromatic rings. The highest BCUT2D eigenvalue weighted by molar-refractivity contribution is 5.85. The number of H-pyrrole nitrogens is 2. The topological polar surface area (TPSA) is 95.3 Å². The van der Waals surface area contributed by atoms with Crippen LogP contribution in [-0.4, -0.2) is 32.7 Å². The Kier molecular flexibility index (Phi) is 4.24. The molecule has 2 atom stereocenters. The van der Waals surface area contributed by atoms with E-state index in [2.05, 4.69) is 29.5 Å². The number of hydrogen-bond acceptors (Lipinski definition) is 3. The van der Waals surface area contributed by atoms with Crippen molar-refractivity contribution in [1.82, 2.24) is 14.5 Å². The lowest BCUT2D eigenvalue weighted by atomic mass is 9.93. The molecule has 7 nitrogen and oxygen atoms in total. The maximum atomic E-state index is 12.7. The molecule has 0 saturated heterocycles. The minimum absolute atomic E-state index is 0.127. The summed E-state index contributed by atoms with van der Waals surface area (Å²) in [5.41, 5.74) is 2.17. The molecular weight excluding hydrogens is 344 g/mol. The molecule has 3 heterocycles. The van der Waals surface area contributed by atoms with E-state index in [0.29, 0.717) is 0 Å². The molecule has 0 fully saturated rings. The zero-order valence-electron chi connectivity index (χ0n) is 15.2. The minimum atomic E-state index is -0.633. The van der Waals surface area contributed by atoms with Gasteiger partial charge < -0.3 is 15.0 Å². The molecule has 0 aliphatic carbocycles. The van der Waals surface area contributed by atoms with Crippen molar-refractivity contribution >= 4 is 10.9 Å². The van der Waals surface area contributed by atoms with Gasteiger partial charge in [0, 0.05) is 23.9 Å². The van der Waals surface area contributed by atoms with E-state index in [9.17, 15) is 14.7 Å². The van der Waals surface area contributed by atoms with Gasteiger partial charge in [-0.15, -0.1) is 6.58 Å². The van der Waals surface area contributed by atoms with Gasteiger partial charge >= 0.3 is 5.69 Å². The molecule has 2 aromatic heterocycles. The van der Waals surface area contributed by atoms with Gasteiger partial charge in [0.1, 0.15) is 5.56 Å². The van der Waals surface area contributed by atoms with Crippen LogP contribution in [0.5, 0.6) is 5.88 Å². The van der Waals surface area contributed by atoms with Gasteiger partial charge in [-0.3, -0.25) is 14.3 Å². The lowest BCUT2D eigenvalue weighted by Gasteiger charge is -2.32. The number of fused-ring (bicyclic) bond motifs is 3. The van der Waals surface area contributed by atoms with Crippen LogP contribution in [0.4, 0.5) is 0 Å². The minimum Gasteiger partial charge on any atom is -0.494 e. The summed E-state index contributed by atoms with van der Waals surface area (Å²) in [6.45, 7) is 7.44. The summed E-state index contributed by atoms with van der Waals surface area (Å²) in [5.74, 6) is -0.286. The molecule has 1 aromatic carbocycles. The summed E-state index contributed by atoms with van der Waals surface area (Å²) in [7, 11) is 0. The van der Waals surface area contributed by atoms with Crippen LogP contribution in [0, 0.1) is 0 Å². The van der Waals surface area contributed by atoms with E-state index in [1.165, 1.54) is 16.5 Å².